The molecule has 4 nitrogen and oxygen atoms in total. The Morgan fingerprint density at radius 1 is 1.19 bits per heavy atom. The van der Waals surface area contributed by atoms with Crippen molar-refractivity contribution in [2.24, 2.45) is 13.0 Å². The van der Waals surface area contributed by atoms with E-state index in [1.807, 2.05) is 34.5 Å². The van der Waals surface area contributed by atoms with Crippen LogP contribution in [0, 0.1) is 10.7 Å². The molecule has 2 aromatic rings. The van der Waals surface area contributed by atoms with Crippen molar-refractivity contribution in [2.45, 2.75) is 26.4 Å². The summed E-state index contributed by atoms with van der Waals surface area (Å²) in [6.45, 7) is 5.41. The molecule has 0 atom stereocenters. The van der Waals surface area contributed by atoms with Crippen LogP contribution in [0.3, 0.4) is 0 Å². The van der Waals surface area contributed by atoms with E-state index in [-0.39, 0.29) is 0 Å². The third-order valence-corrected chi connectivity index (χ3v) is 4.77. The Morgan fingerprint density at radius 3 is 2.52 bits per heavy atom. The highest BCUT2D eigenvalue weighted by molar-refractivity contribution is 7.71. The van der Waals surface area contributed by atoms with Gasteiger partial charge in [-0.2, -0.15) is 5.10 Å². The molecule has 0 amide bonds. The quantitative estimate of drug-likeness (QED) is 0.814. The molecule has 5 heteroatoms. The van der Waals surface area contributed by atoms with Crippen molar-refractivity contribution < 1.29 is 0 Å². The SMILES string of the molecule is CC1CCN(Cn2nc(-c3ccccc3)n(C)c2=S)CC1. The molecule has 1 aliphatic rings. The summed E-state index contributed by atoms with van der Waals surface area (Å²) in [6.07, 6.45) is 2.54. The third-order valence-electron chi connectivity index (χ3n) is 4.28. The van der Waals surface area contributed by atoms with Gasteiger partial charge in [-0.25, -0.2) is 4.68 Å². The Balaban J connectivity index is 1.83. The van der Waals surface area contributed by atoms with Crippen molar-refractivity contribution in [3.63, 3.8) is 0 Å². The molecule has 1 fully saturated rings. The van der Waals surface area contributed by atoms with Gasteiger partial charge in [0.15, 0.2) is 10.6 Å². The second-order valence-electron chi connectivity index (χ2n) is 5.97. The first-order valence-corrected chi connectivity index (χ1v) is 7.97. The standard InChI is InChI=1S/C16H22N4S/c1-13-8-10-19(11-9-13)12-20-16(21)18(2)15(17-20)14-6-4-3-5-7-14/h3-7,13H,8-12H2,1-2H3. The predicted octanol–water partition coefficient (Wildman–Crippen LogP) is 3.31. The summed E-state index contributed by atoms with van der Waals surface area (Å²) >= 11 is 5.54. The molecule has 0 saturated carbocycles. The summed E-state index contributed by atoms with van der Waals surface area (Å²) in [5.41, 5.74) is 1.11. The Morgan fingerprint density at radius 2 is 1.86 bits per heavy atom. The minimum absolute atomic E-state index is 0.785. The van der Waals surface area contributed by atoms with Gasteiger partial charge in [0, 0.05) is 25.7 Å². The number of aromatic nitrogens is 3. The van der Waals surface area contributed by atoms with Crippen LogP contribution in [0.1, 0.15) is 19.8 Å². The van der Waals surface area contributed by atoms with Crippen molar-refractivity contribution in [2.75, 3.05) is 13.1 Å². The largest absolute Gasteiger partial charge is 0.303 e. The number of piperidine rings is 1. The predicted molar refractivity (Wildman–Crippen MR) is 87.4 cm³/mol. The van der Waals surface area contributed by atoms with E-state index in [0.29, 0.717) is 0 Å². The number of hydrogen-bond donors (Lipinski definition) is 0. The van der Waals surface area contributed by atoms with Gasteiger partial charge in [-0.3, -0.25) is 4.90 Å². The normalized spacial score (nSPS) is 17.2. The van der Waals surface area contributed by atoms with E-state index in [1.165, 1.54) is 12.8 Å². The Bertz CT molecular complexity index is 651. The topological polar surface area (TPSA) is 26.0 Å². The van der Waals surface area contributed by atoms with Gasteiger partial charge in [-0.15, -0.1) is 0 Å². The fourth-order valence-corrected chi connectivity index (χ4v) is 3.00. The van der Waals surface area contributed by atoms with Crippen LogP contribution >= 0.6 is 12.2 Å². The maximum absolute atomic E-state index is 5.54. The molecular formula is C16H22N4S. The summed E-state index contributed by atoms with van der Waals surface area (Å²) < 4.78 is 4.73. The van der Waals surface area contributed by atoms with E-state index >= 15 is 0 Å². The summed E-state index contributed by atoms with van der Waals surface area (Å²) in [7, 11) is 1.99. The van der Waals surface area contributed by atoms with Gasteiger partial charge < -0.3 is 4.57 Å². The summed E-state index contributed by atoms with van der Waals surface area (Å²) in [4.78, 5) is 2.44. The fraction of sp³-hybridized carbons (Fsp3) is 0.500. The molecule has 112 valence electrons. The van der Waals surface area contributed by atoms with Gasteiger partial charge in [0.05, 0.1) is 6.67 Å². The molecule has 2 heterocycles. The second-order valence-corrected chi connectivity index (χ2v) is 6.34. The van der Waals surface area contributed by atoms with Crippen LogP contribution in [-0.2, 0) is 13.7 Å². The molecule has 1 aromatic heterocycles. The van der Waals surface area contributed by atoms with Gasteiger partial charge in [0.2, 0.25) is 0 Å². The monoisotopic (exact) mass is 302 g/mol. The van der Waals surface area contributed by atoms with Gasteiger partial charge in [0.1, 0.15) is 0 Å². The number of hydrogen-bond acceptors (Lipinski definition) is 3. The molecule has 0 radical (unpaired) electrons. The average Bonchev–Trinajstić information content (AvgIpc) is 2.79. The molecule has 0 unspecified atom stereocenters. The van der Waals surface area contributed by atoms with Crippen LogP contribution in [0.25, 0.3) is 11.4 Å². The lowest BCUT2D eigenvalue weighted by Crippen LogP contribution is -2.34. The Kier molecular flexibility index (Phi) is 4.22. The van der Waals surface area contributed by atoms with Crippen molar-refractivity contribution in [1.82, 2.24) is 19.2 Å². The average molecular weight is 302 g/mol. The van der Waals surface area contributed by atoms with Crippen LogP contribution in [0.15, 0.2) is 30.3 Å². The third kappa shape index (κ3) is 3.09. The van der Waals surface area contributed by atoms with E-state index < -0.39 is 0 Å². The highest BCUT2D eigenvalue weighted by Gasteiger charge is 2.17. The van der Waals surface area contributed by atoms with E-state index in [0.717, 1.165) is 41.8 Å². The van der Waals surface area contributed by atoms with Gasteiger partial charge in [0.25, 0.3) is 0 Å². The van der Waals surface area contributed by atoms with E-state index in [9.17, 15) is 0 Å². The maximum atomic E-state index is 5.54. The molecule has 3 rings (SSSR count). The highest BCUT2D eigenvalue weighted by atomic mass is 32.1. The first-order chi connectivity index (χ1) is 10.1. The van der Waals surface area contributed by atoms with E-state index in [2.05, 4.69) is 24.0 Å². The number of nitrogens with zero attached hydrogens (tertiary/aromatic N) is 4. The first-order valence-electron chi connectivity index (χ1n) is 7.57. The van der Waals surface area contributed by atoms with Crippen LogP contribution in [0.2, 0.25) is 0 Å². The lowest BCUT2D eigenvalue weighted by molar-refractivity contribution is 0.146. The summed E-state index contributed by atoms with van der Waals surface area (Å²) in [5.74, 6) is 1.78. The van der Waals surface area contributed by atoms with E-state index in [4.69, 9.17) is 17.3 Å². The maximum Gasteiger partial charge on any atom is 0.199 e. The molecule has 1 saturated heterocycles. The number of rotatable bonds is 3. The lowest BCUT2D eigenvalue weighted by atomic mass is 10.00. The van der Waals surface area contributed by atoms with E-state index in [1.54, 1.807) is 0 Å². The molecule has 0 aliphatic carbocycles. The summed E-state index contributed by atoms with van der Waals surface area (Å²) in [6, 6.07) is 10.2. The van der Waals surface area contributed by atoms with Crippen LogP contribution in [0.5, 0.6) is 0 Å². The van der Waals surface area contributed by atoms with Crippen LogP contribution < -0.4 is 0 Å². The summed E-state index contributed by atoms with van der Waals surface area (Å²) in [5, 5.41) is 4.73. The van der Waals surface area contributed by atoms with Crippen molar-refractivity contribution >= 4 is 12.2 Å². The minimum Gasteiger partial charge on any atom is -0.303 e. The van der Waals surface area contributed by atoms with Crippen LogP contribution in [-0.4, -0.2) is 32.3 Å². The minimum atomic E-state index is 0.785. The lowest BCUT2D eigenvalue weighted by Gasteiger charge is -2.29. The highest BCUT2D eigenvalue weighted by Crippen LogP contribution is 2.19. The fourth-order valence-electron chi connectivity index (χ4n) is 2.81. The van der Waals surface area contributed by atoms with Crippen molar-refractivity contribution in [1.29, 1.82) is 0 Å². The number of likely N-dealkylation sites (tertiary alicyclic amines) is 1. The zero-order chi connectivity index (χ0) is 14.8. The Hall–Kier alpha value is -1.46. The molecule has 21 heavy (non-hydrogen) atoms. The molecule has 0 bridgehead atoms. The van der Waals surface area contributed by atoms with Crippen molar-refractivity contribution in [3.05, 3.63) is 35.1 Å². The molecule has 1 aliphatic heterocycles. The smallest absolute Gasteiger partial charge is 0.199 e. The van der Waals surface area contributed by atoms with Gasteiger partial charge >= 0.3 is 0 Å². The van der Waals surface area contributed by atoms with Crippen LogP contribution in [0.4, 0.5) is 0 Å². The second kappa shape index (κ2) is 6.12. The first kappa shape index (κ1) is 14.5. The zero-order valence-corrected chi connectivity index (χ0v) is 13.5. The number of benzene rings is 1. The molecule has 1 aromatic carbocycles. The molecule has 0 spiro atoms. The van der Waals surface area contributed by atoms with Gasteiger partial charge in [-0.1, -0.05) is 37.3 Å². The molecule has 0 N–H and O–H groups in total. The zero-order valence-electron chi connectivity index (χ0n) is 12.7. The molecular weight excluding hydrogens is 280 g/mol. The Labute approximate surface area is 131 Å². The van der Waals surface area contributed by atoms with Gasteiger partial charge in [-0.05, 0) is 31.0 Å². The van der Waals surface area contributed by atoms with Crippen molar-refractivity contribution in [3.8, 4) is 11.4 Å².